The summed E-state index contributed by atoms with van der Waals surface area (Å²) in [5.41, 5.74) is 0. The van der Waals surface area contributed by atoms with E-state index in [0.717, 1.165) is 17.3 Å². The first-order valence-corrected chi connectivity index (χ1v) is 5.67. The molecule has 1 nitrogen and oxygen atoms in total. The highest BCUT2D eigenvalue weighted by atomic mass is 79.9. The molecule has 0 radical (unpaired) electrons. The molecule has 0 N–H and O–H groups in total. The molecule has 1 fully saturated rings. The first-order chi connectivity index (χ1) is 6.75. The highest BCUT2D eigenvalue weighted by molar-refractivity contribution is 9.10. The fourth-order valence-corrected chi connectivity index (χ4v) is 2.09. The van der Waals surface area contributed by atoms with Crippen molar-refractivity contribution >= 4 is 15.9 Å². The topological polar surface area (TPSA) is 9.23 Å². The van der Waals surface area contributed by atoms with Gasteiger partial charge < -0.3 is 4.74 Å². The Bertz CT molecular complexity index is 321. The van der Waals surface area contributed by atoms with Gasteiger partial charge in [0.1, 0.15) is 0 Å². The molecule has 1 aromatic rings. The van der Waals surface area contributed by atoms with E-state index in [-0.39, 0.29) is 11.9 Å². The van der Waals surface area contributed by atoms with E-state index in [1.165, 1.54) is 18.9 Å². The standard InChI is InChI=1S/C11H12BrFO/c12-8-5-6-10(13)11(7-8)14-9-3-1-2-4-9/h5-7,9H,1-4H2. The molecule has 1 saturated carbocycles. The van der Waals surface area contributed by atoms with Crippen LogP contribution in [0, 0.1) is 5.82 Å². The third-order valence-electron chi connectivity index (χ3n) is 2.49. The Labute approximate surface area is 91.4 Å². The molecule has 3 heteroatoms. The van der Waals surface area contributed by atoms with Gasteiger partial charge in [-0.1, -0.05) is 15.9 Å². The molecule has 76 valence electrons. The molecule has 0 aliphatic heterocycles. The van der Waals surface area contributed by atoms with Gasteiger partial charge in [0.05, 0.1) is 6.10 Å². The van der Waals surface area contributed by atoms with Crippen LogP contribution in [0.5, 0.6) is 5.75 Å². The Morgan fingerprint density at radius 3 is 2.71 bits per heavy atom. The molecule has 0 spiro atoms. The molecule has 1 aliphatic rings. The van der Waals surface area contributed by atoms with Gasteiger partial charge in [0.15, 0.2) is 11.6 Å². The lowest BCUT2D eigenvalue weighted by Crippen LogP contribution is -2.11. The van der Waals surface area contributed by atoms with Gasteiger partial charge in [-0.2, -0.15) is 0 Å². The highest BCUT2D eigenvalue weighted by Gasteiger charge is 2.18. The SMILES string of the molecule is Fc1ccc(Br)cc1OC1CCCC1. The van der Waals surface area contributed by atoms with Crippen molar-refractivity contribution in [2.45, 2.75) is 31.8 Å². The number of hydrogen-bond donors (Lipinski definition) is 0. The minimum absolute atomic E-state index is 0.207. The number of rotatable bonds is 2. The van der Waals surface area contributed by atoms with Crippen molar-refractivity contribution < 1.29 is 9.13 Å². The van der Waals surface area contributed by atoms with E-state index in [0.29, 0.717) is 5.75 Å². The van der Waals surface area contributed by atoms with Crippen molar-refractivity contribution in [2.24, 2.45) is 0 Å². The maximum absolute atomic E-state index is 13.3. The van der Waals surface area contributed by atoms with Crippen molar-refractivity contribution in [1.82, 2.24) is 0 Å². The maximum Gasteiger partial charge on any atom is 0.165 e. The van der Waals surface area contributed by atoms with Crippen molar-refractivity contribution in [3.8, 4) is 5.75 Å². The summed E-state index contributed by atoms with van der Waals surface area (Å²) in [7, 11) is 0. The quantitative estimate of drug-likeness (QED) is 0.782. The molecule has 0 aromatic heterocycles. The molecule has 0 heterocycles. The summed E-state index contributed by atoms with van der Waals surface area (Å²) in [5, 5.41) is 0. The minimum Gasteiger partial charge on any atom is -0.487 e. The fraction of sp³-hybridized carbons (Fsp3) is 0.455. The summed E-state index contributed by atoms with van der Waals surface area (Å²) in [6.45, 7) is 0. The molecular formula is C11H12BrFO. The fourth-order valence-electron chi connectivity index (χ4n) is 1.75. The molecular weight excluding hydrogens is 247 g/mol. The zero-order chi connectivity index (χ0) is 9.97. The summed E-state index contributed by atoms with van der Waals surface area (Å²) in [6.07, 6.45) is 4.69. The molecule has 1 aliphatic carbocycles. The lowest BCUT2D eigenvalue weighted by molar-refractivity contribution is 0.200. The van der Waals surface area contributed by atoms with Crippen LogP contribution in [0.25, 0.3) is 0 Å². The third kappa shape index (κ3) is 2.27. The van der Waals surface area contributed by atoms with E-state index in [1.54, 1.807) is 12.1 Å². The molecule has 0 bridgehead atoms. The summed E-state index contributed by atoms with van der Waals surface area (Å²) in [6, 6.07) is 4.79. The number of halogens is 2. The van der Waals surface area contributed by atoms with E-state index in [9.17, 15) is 4.39 Å². The van der Waals surface area contributed by atoms with Crippen LogP contribution < -0.4 is 4.74 Å². The Kier molecular flexibility index (Phi) is 3.06. The van der Waals surface area contributed by atoms with Gasteiger partial charge in [-0.3, -0.25) is 0 Å². The van der Waals surface area contributed by atoms with E-state index < -0.39 is 0 Å². The molecule has 0 saturated heterocycles. The van der Waals surface area contributed by atoms with Crippen LogP contribution in [0.4, 0.5) is 4.39 Å². The molecule has 2 rings (SSSR count). The summed E-state index contributed by atoms with van der Waals surface area (Å²) in [4.78, 5) is 0. The molecule has 0 atom stereocenters. The monoisotopic (exact) mass is 258 g/mol. The van der Waals surface area contributed by atoms with Crippen molar-refractivity contribution in [3.63, 3.8) is 0 Å². The number of hydrogen-bond acceptors (Lipinski definition) is 1. The van der Waals surface area contributed by atoms with Crippen LogP contribution in [0.3, 0.4) is 0 Å². The van der Waals surface area contributed by atoms with Gasteiger partial charge in [0.2, 0.25) is 0 Å². The smallest absolute Gasteiger partial charge is 0.165 e. The lowest BCUT2D eigenvalue weighted by Gasteiger charge is -2.13. The zero-order valence-corrected chi connectivity index (χ0v) is 9.39. The largest absolute Gasteiger partial charge is 0.487 e. The van der Waals surface area contributed by atoms with Crippen LogP contribution >= 0.6 is 15.9 Å². The maximum atomic E-state index is 13.3. The van der Waals surface area contributed by atoms with Crippen LogP contribution in [0.15, 0.2) is 22.7 Å². The van der Waals surface area contributed by atoms with E-state index in [1.807, 2.05) is 0 Å². The first kappa shape index (κ1) is 9.97. The van der Waals surface area contributed by atoms with Crippen LogP contribution in [-0.4, -0.2) is 6.10 Å². The van der Waals surface area contributed by atoms with E-state index in [4.69, 9.17) is 4.74 Å². The first-order valence-electron chi connectivity index (χ1n) is 4.87. The average Bonchev–Trinajstić information content (AvgIpc) is 2.64. The second kappa shape index (κ2) is 4.30. The van der Waals surface area contributed by atoms with Gasteiger partial charge in [0, 0.05) is 4.47 Å². The summed E-state index contributed by atoms with van der Waals surface area (Å²) in [5.74, 6) is 0.0892. The van der Waals surface area contributed by atoms with Crippen LogP contribution in [0.2, 0.25) is 0 Å². The lowest BCUT2D eigenvalue weighted by atomic mass is 10.3. The second-order valence-corrected chi connectivity index (χ2v) is 4.51. The molecule has 0 unspecified atom stereocenters. The zero-order valence-electron chi connectivity index (χ0n) is 7.80. The van der Waals surface area contributed by atoms with Crippen LogP contribution in [0.1, 0.15) is 25.7 Å². The van der Waals surface area contributed by atoms with Crippen molar-refractivity contribution in [1.29, 1.82) is 0 Å². The van der Waals surface area contributed by atoms with Crippen LogP contribution in [-0.2, 0) is 0 Å². The predicted octanol–water partition coefficient (Wildman–Crippen LogP) is 3.91. The normalized spacial score (nSPS) is 17.3. The summed E-state index contributed by atoms with van der Waals surface area (Å²) < 4.78 is 19.7. The van der Waals surface area contributed by atoms with Gasteiger partial charge in [-0.25, -0.2) is 4.39 Å². The Morgan fingerprint density at radius 2 is 2.00 bits per heavy atom. The second-order valence-electron chi connectivity index (χ2n) is 3.60. The highest BCUT2D eigenvalue weighted by Crippen LogP contribution is 2.28. The van der Waals surface area contributed by atoms with Gasteiger partial charge >= 0.3 is 0 Å². The molecule has 1 aromatic carbocycles. The predicted molar refractivity (Wildman–Crippen MR) is 57.0 cm³/mol. The minimum atomic E-state index is -0.278. The van der Waals surface area contributed by atoms with Crippen molar-refractivity contribution in [3.05, 3.63) is 28.5 Å². The van der Waals surface area contributed by atoms with E-state index in [2.05, 4.69) is 15.9 Å². The number of benzene rings is 1. The Balaban J connectivity index is 2.10. The average molecular weight is 259 g/mol. The molecule has 0 amide bonds. The number of ether oxygens (including phenoxy) is 1. The van der Waals surface area contributed by atoms with E-state index >= 15 is 0 Å². The van der Waals surface area contributed by atoms with Crippen molar-refractivity contribution in [2.75, 3.05) is 0 Å². The molecule has 14 heavy (non-hydrogen) atoms. The Hall–Kier alpha value is -0.570. The van der Waals surface area contributed by atoms with Gasteiger partial charge in [-0.15, -0.1) is 0 Å². The Morgan fingerprint density at radius 1 is 1.29 bits per heavy atom. The van der Waals surface area contributed by atoms with Gasteiger partial charge in [-0.05, 0) is 43.9 Å². The third-order valence-corrected chi connectivity index (χ3v) is 2.98. The summed E-state index contributed by atoms with van der Waals surface area (Å²) >= 11 is 3.30. The van der Waals surface area contributed by atoms with Gasteiger partial charge in [0.25, 0.3) is 0 Å².